The first-order valence-corrected chi connectivity index (χ1v) is 9.33. The van der Waals surface area contributed by atoms with Crippen molar-refractivity contribution in [1.29, 1.82) is 0 Å². The summed E-state index contributed by atoms with van der Waals surface area (Å²) in [5.74, 6) is 1.43. The third-order valence-electron chi connectivity index (χ3n) is 3.89. The molecule has 2 nitrogen and oxygen atoms in total. The van der Waals surface area contributed by atoms with Crippen LogP contribution in [0.3, 0.4) is 0 Å². The Kier molecular flexibility index (Phi) is 6.72. The number of thioether (sulfide) groups is 1. The first kappa shape index (κ1) is 17.6. The summed E-state index contributed by atoms with van der Waals surface area (Å²) in [6.07, 6.45) is 1.86. The summed E-state index contributed by atoms with van der Waals surface area (Å²) < 4.78 is 0. The Morgan fingerprint density at radius 2 is 1.61 bits per heavy atom. The molecule has 0 saturated carbocycles. The number of aryl methyl sites for hydroxylation is 3. The van der Waals surface area contributed by atoms with Crippen LogP contribution in [0.4, 0.5) is 5.69 Å². The van der Waals surface area contributed by atoms with E-state index in [9.17, 15) is 4.79 Å². The standard InChI is InChI=1S/C20H25NOS/c1-4-17-7-6-8-18(5-2)20(17)21-19(22)14-23-13-16-11-9-15(3)10-12-16/h6-12H,4-5,13-14H2,1-3H3,(H,21,22). The van der Waals surface area contributed by atoms with Gasteiger partial charge in [0.1, 0.15) is 0 Å². The fourth-order valence-corrected chi connectivity index (χ4v) is 3.31. The minimum Gasteiger partial charge on any atom is -0.325 e. The molecule has 3 heteroatoms. The van der Waals surface area contributed by atoms with Crippen LogP contribution in [0.2, 0.25) is 0 Å². The summed E-state index contributed by atoms with van der Waals surface area (Å²) in [6, 6.07) is 14.7. The van der Waals surface area contributed by atoms with Crippen molar-refractivity contribution in [1.82, 2.24) is 0 Å². The molecule has 0 aliphatic rings. The van der Waals surface area contributed by atoms with Gasteiger partial charge in [0.2, 0.25) is 5.91 Å². The SMILES string of the molecule is CCc1cccc(CC)c1NC(=O)CSCc1ccc(C)cc1. The van der Waals surface area contributed by atoms with Crippen LogP contribution in [0.1, 0.15) is 36.1 Å². The maximum atomic E-state index is 12.3. The number of hydrogen-bond acceptors (Lipinski definition) is 2. The zero-order valence-corrected chi connectivity index (χ0v) is 15.0. The average Bonchev–Trinajstić information content (AvgIpc) is 2.57. The van der Waals surface area contributed by atoms with Crippen molar-refractivity contribution in [3.8, 4) is 0 Å². The molecule has 0 atom stereocenters. The van der Waals surface area contributed by atoms with Crippen molar-refractivity contribution in [3.05, 3.63) is 64.7 Å². The monoisotopic (exact) mass is 327 g/mol. The van der Waals surface area contributed by atoms with Crippen LogP contribution < -0.4 is 5.32 Å². The molecular formula is C20H25NOS. The minimum atomic E-state index is 0.0812. The zero-order chi connectivity index (χ0) is 16.7. The molecule has 0 heterocycles. The van der Waals surface area contributed by atoms with Crippen LogP contribution in [0.5, 0.6) is 0 Å². The van der Waals surface area contributed by atoms with E-state index in [-0.39, 0.29) is 5.91 Å². The van der Waals surface area contributed by atoms with Gasteiger partial charge in [-0.3, -0.25) is 4.79 Å². The zero-order valence-electron chi connectivity index (χ0n) is 14.2. The normalized spacial score (nSPS) is 10.6. The number of carbonyl (C=O) groups excluding carboxylic acids is 1. The van der Waals surface area contributed by atoms with Crippen LogP contribution in [-0.4, -0.2) is 11.7 Å². The number of hydrogen-bond donors (Lipinski definition) is 1. The summed E-state index contributed by atoms with van der Waals surface area (Å²) in [4.78, 5) is 12.3. The number of carbonyl (C=O) groups is 1. The molecular weight excluding hydrogens is 302 g/mol. The highest BCUT2D eigenvalue weighted by molar-refractivity contribution is 7.99. The Balaban J connectivity index is 1.91. The summed E-state index contributed by atoms with van der Waals surface area (Å²) in [5, 5.41) is 3.12. The average molecular weight is 327 g/mol. The number of benzene rings is 2. The molecule has 0 unspecified atom stereocenters. The molecule has 2 aromatic rings. The van der Waals surface area contributed by atoms with Crippen molar-refractivity contribution < 1.29 is 4.79 Å². The molecule has 2 rings (SSSR count). The van der Waals surface area contributed by atoms with Crippen molar-refractivity contribution >= 4 is 23.4 Å². The molecule has 0 spiro atoms. The molecule has 0 aromatic heterocycles. The maximum Gasteiger partial charge on any atom is 0.234 e. The van der Waals surface area contributed by atoms with Gasteiger partial charge in [-0.2, -0.15) is 0 Å². The largest absolute Gasteiger partial charge is 0.325 e. The van der Waals surface area contributed by atoms with E-state index in [0.717, 1.165) is 24.3 Å². The van der Waals surface area contributed by atoms with Gasteiger partial charge < -0.3 is 5.32 Å². The summed E-state index contributed by atoms with van der Waals surface area (Å²) in [7, 11) is 0. The highest BCUT2D eigenvalue weighted by Crippen LogP contribution is 2.23. The van der Waals surface area contributed by atoms with E-state index < -0.39 is 0 Å². The Labute approximate surface area is 143 Å². The highest BCUT2D eigenvalue weighted by atomic mass is 32.2. The Bertz CT molecular complexity index is 627. The molecule has 122 valence electrons. The third-order valence-corrected chi connectivity index (χ3v) is 4.89. The second kappa shape index (κ2) is 8.78. The van der Waals surface area contributed by atoms with E-state index in [1.165, 1.54) is 22.3 Å². The maximum absolute atomic E-state index is 12.3. The summed E-state index contributed by atoms with van der Waals surface area (Å²) >= 11 is 1.65. The molecule has 1 N–H and O–H groups in total. The van der Waals surface area contributed by atoms with Gasteiger partial charge in [0, 0.05) is 11.4 Å². The summed E-state index contributed by atoms with van der Waals surface area (Å²) in [6.45, 7) is 6.33. The predicted molar refractivity (Wildman–Crippen MR) is 101 cm³/mol. The lowest BCUT2D eigenvalue weighted by molar-refractivity contribution is -0.113. The second-order valence-electron chi connectivity index (χ2n) is 5.68. The predicted octanol–water partition coefficient (Wildman–Crippen LogP) is 4.99. The number of anilines is 1. The van der Waals surface area contributed by atoms with Gasteiger partial charge in [0.15, 0.2) is 0 Å². The molecule has 0 aliphatic carbocycles. The van der Waals surface area contributed by atoms with Crippen molar-refractivity contribution in [3.63, 3.8) is 0 Å². The molecule has 0 radical (unpaired) electrons. The van der Waals surface area contributed by atoms with E-state index in [1.54, 1.807) is 11.8 Å². The van der Waals surface area contributed by atoms with Gasteiger partial charge in [0.25, 0.3) is 0 Å². The first-order chi connectivity index (χ1) is 11.1. The number of para-hydroxylation sites is 1. The van der Waals surface area contributed by atoms with E-state index in [1.807, 2.05) is 0 Å². The topological polar surface area (TPSA) is 29.1 Å². The smallest absolute Gasteiger partial charge is 0.234 e. The van der Waals surface area contributed by atoms with Crippen LogP contribution in [-0.2, 0) is 23.4 Å². The number of nitrogens with one attached hydrogen (secondary N) is 1. The Morgan fingerprint density at radius 3 is 2.17 bits per heavy atom. The van der Waals surface area contributed by atoms with Crippen LogP contribution >= 0.6 is 11.8 Å². The Hall–Kier alpha value is -1.74. The van der Waals surface area contributed by atoms with Gasteiger partial charge in [-0.05, 0) is 36.5 Å². The molecule has 0 bridgehead atoms. The fourth-order valence-electron chi connectivity index (χ4n) is 2.52. The van der Waals surface area contributed by atoms with Gasteiger partial charge in [-0.1, -0.05) is 61.9 Å². The third kappa shape index (κ3) is 5.14. The summed E-state index contributed by atoms with van der Waals surface area (Å²) in [5.41, 5.74) is 5.96. The Morgan fingerprint density at radius 1 is 1.00 bits per heavy atom. The fraction of sp³-hybridized carbons (Fsp3) is 0.350. The minimum absolute atomic E-state index is 0.0812. The van der Waals surface area contributed by atoms with Crippen LogP contribution in [0.15, 0.2) is 42.5 Å². The van der Waals surface area contributed by atoms with E-state index in [4.69, 9.17) is 0 Å². The quantitative estimate of drug-likeness (QED) is 0.776. The lowest BCUT2D eigenvalue weighted by Crippen LogP contribution is -2.16. The van der Waals surface area contributed by atoms with Gasteiger partial charge in [0.05, 0.1) is 5.75 Å². The van der Waals surface area contributed by atoms with Crippen LogP contribution in [0.25, 0.3) is 0 Å². The molecule has 1 amide bonds. The van der Waals surface area contributed by atoms with Gasteiger partial charge in [-0.15, -0.1) is 11.8 Å². The van der Waals surface area contributed by atoms with Crippen molar-refractivity contribution in [2.45, 2.75) is 39.4 Å². The highest BCUT2D eigenvalue weighted by Gasteiger charge is 2.10. The van der Waals surface area contributed by atoms with Gasteiger partial charge >= 0.3 is 0 Å². The van der Waals surface area contributed by atoms with E-state index in [0.29, 0.717) is 5.75 Å². The van der Waals surface area contributed by atoms with Crippen molar-refractivity contribution in [2.75, 3.05) is 11.1 Å². The first-order valence-electron chi connectivity index (χ1n) is 8.18. The van der Waals surface area contributed by atoms with Crippen LogP contribution in [0, 0.1) is 6.92 Å². The molecule has 0 aliphatic heterocycles. The second-order valence-corrected chi connectivity index (χ2v) is 6.67. The van der Waals surface area contributed by atoms with E-state index in [2.05, 4.69) is 68.6 Å². The lowest BCUT2D eigenvalue weighted by atomic mass is 10.0. The lowest BCUT2D eigenvalue weighted by Gasteiger charge is -2.14. The molecule has 0 fully saturated rings. The van der Waals surface area contributed by atoms with Crippen molar-refractivity contribution in [2.24, 2.45) is 0 Å². The molecule has 2 aromatic carbocycles. The molecule has 23 heavy (non-hydrogen) atoms. The molecule has 0 saturated heterocycles. The number of amides is 1. The van der Waals surface area contributed by atoms with Gasteiger partial charge in [-0.25, -0.2) is 0 Å². The van der Waals surface area contributed by atoms with E-state index >= 15 is 0 Å². The number of rotatable bonds is 7.